The lowest BCUT2D eigenvalue weighted by Gasteiger charge is -2.03. The molecular weight excluding hydrogens is 140 g/mol. The summed E-state index contributed by atoms with van der Waals surface area (Å²) in [7, 11) is 0. The van der Waals surface area contributed by atoms with E-state index < -0.39 is 6.23 Å². The van der Waals surface area contributed by atoms with E-state index in [0.717, 1.165) is 25.9 Å². The van der Waals surface area contributed by atoms with E-state index in [2.05, 4.69) is 11.9 Å². The number of nitrogens with two attached hydrogens (primary N) is 1. The van der Waals surface area contributed by atoms with Gasteiger partial charge in [-0.15, -0.1) is 6.58 Å². The van der Waals surface area contributed by atoms with Gasteiger partial charge in [0.05, 0.1) is 0 Å². The van der Waals surface area contributed by atoms with E-state index in [1.807, 2.05) is 6.08 Å². The van der Waals surface area contributed by atoms with Crippen molar-refractivity contribution >= 4 is 0 Å². The Morgan fingerprint density at radius 3 is 2.82 bits per heavy atom. The Balaban J connectivity index is 2.85. The molecule has 11 heavy (non-hydrogen) atoms. The van der Waals surface area contributed by atoms with E-state index in [1.54, 1.807) is 0 Å². The van der Waals surface area contributed by atoms with Gasteiger partial charge in [-0.05, 0) is 25.8 Å². The topological polar surface area (TPSA) is 58.3 Å². The van der Waals surface area contributed by atoms with Crippen molar-refractivity contribution in [2.45, 2.75) is 25.5 Å². The number of aliphatic hydroxyl groups excluding tert-OH is 1. The summed E-state index contributed by atoms with van der Waals surface area (Å²) in [5.74, 6) is 0. The fraction of sp³-hybridized carbons (Fsp3) is 0.750. The van der Waals surface area contributed by atoms with E-state index in [-0.39, 0.29) is 0 Å². The molecule has 66 valence electrons. The van der Waals surface area contributed by atoms with Gasteiger partial charge in [0, 0.05) is 6.54 Å². The van der Waals surface area contributed by atoms with Crippen LogP contribution in [0.25, 0.3) is 0 Å². The number of rotatable bonds is 7. The maximum atomic E-state index is 8.70. The van der Waals surface area contributed by atoms with E-state index >= 15 is 0 Å². The molecule has 0 aliphatic carbocycles. The zero-order valence-electron chi connectivity index (χ0n) is 6.92. The standard InChI is InChI=1S/C8H18N2O/c1-2-6-10-7-4-3-5-8(9)11/h2,8,10-11H,1,3-7,9H2. The SMILES string of the molecule is C=CCNCCCCC(N)O. The highest BCUT2D eigenvalue weighted by Crippen LogP contribution is 1.94. The van der Waals surface area contributed by atoms with Crippen LogP contribution in [0.15, 0.2) is 12.7 Å². The summed E-state index contributed by atoms with van der Waals surface area (Å²) in [6.07, 6.45) is 3.91. The molecule has 0 fully saturated rings. The molecule has 0 saturated carbocycles. The molecule has 1 unspecified atom stereocenters. The fourth-order valence-corrected chi connectivity index (χ4v) is 0.808. The maximum Gasteiger partial charge on any atom is 0.102 e. The molecular formula is C8H18N2O. The highest BCUT2D eigenvalue weighted by molar-refractivity contribution is 4.69. The molecule has 0 aliphatic heterocycles. The molecule has 0 bridgehead atoms. The Bertz CT molecular complexity index is 94.1. The van der Waals surface area contributed by atoms with Gasteiger partial charge in [-0.3, -0.25) is 0 Å². The van der Waals surface area contributed by atoms with Gasteiger partial charge in [-0.1, -0.05) is 6.08 Å². The molecule has 3 nitrogen and oxygen atoms in total. The van der Waals surface area contributed by atoms with E-state index in [0.29, 0.717) is 6.42 Å². The number of unbranched alkanes of at least 4 members (excludes halogenated alkanes) is 1. The van der Waals surface area contributed by atoms with Crippen LogP contribution in [0.3, 0.4) is 0 Å². The Morgan fingerprint density at radius 2 is 2.27 bits per heavy atom. The largest absolute Gasteiger partial charge is 0.379 e. The van der Waals surface area contributed by atoms with Gasteiger partial charge in [0.15, 0.2) is 0 Å². The molecule has 0 aromatic heterocycles. The van der Waals surface area contributed by atoms with Crippen LogP contribution < -0.4 is 11.1 Å². The quantitative estimate of drug-likeness (QED) is 0.282. The Kier molecular flexibility index (Phi) is 7.46. The highest BCUT2D eigenvalue weighted by Gasteiger charge is 1.93. The second-order valence-electron chi connectivity index (χ2n) is 2.56. The average Bonchev–Trinajstić information content (AvgIpc) is 1.96. The number of nitrogens with one attached hydrogen (secondary N) is 1. The molecule has 4 N–H and O–H groups in total. The monoisotopic (exact) mass is 158 g/mol. The first-order chi connectivity index (χ1) is 5.27. The summed E-state index contributed by atoms with van der Waals surface area (Å²) >= 11 is 0. The summed E-state index contributed by atoms with van der Waals surface area (Å²) in [5, 5.41) is 11.9. The lowest BCUT2D eigenvalue weighted by molar-refractivity contribution is 0.168. The van der Waals surface area contributed by atoms with Gasteiger partial charge in [-0.25, -0.2) is 0 Å². The summed E-state index contributed by atoms with van der Waals surface area (Å²) in [6, 6.07) is 0. The number of aliphatic hydroxyl groups is 1. The molecule has 3 heteroatoms. The van der Waals surface area contributed by atoms with Crippen molar-refractivity contribution in [2.24, 2.45) is 5.73 Å². The second kappa shape index (κ2) is 7.72. The Morgan fingerprint density at radius 1 is 1.55 bits per heavy atom. The van der Waals surface area contributed by atoms with Crippen molar-refractivity contribution in [1.82, 2.24) is 5.32 Å². The van der Waals surface area contributed by atoms with Crippen LogP contribution in [0, 0.1) is 0 Å². The molecule has 0 aromatic carbocycles. The van der Waals surface area contributed by atoms with Gasteiger partial charge in [0.1, 0.15) is 6.23 Å². The normalized spacial score (nSPS) is 12.9. The summed E-state index contributed by atoms with van der Waals surface area (Å²) < 4.78 is 0. The number of hydrogen-bond acceptors (Lipinski definition) is 3. The molecule has 1 atom stereocenters. The van der Waals surface area contributed by atoms with E-state index in [9.17, 15) is 0 Å². The molecule has 0 heterocycles. The van der Waals surface area contributed by atoms with Gasteiger partial charge in [0.25, 0.3) is 0 Å². The Hall–Kier alpha value is -0.380. The van der Waals surface area contributed by atoms with Gasteiger partial charge >= 0.3 is 0 Å². The predicted molar refractivity (Wildman–Crippen MR) is 47.1 cm³/mol. The maximum absolute atomic E-state index is 8.70. The van der Waals surface area contributed by atoms with Crippen molar-refractivity contribution < 1.29 is 5.11 Å². The lowest BCUT2D eigenvalue weighted by Crippen LogP contribution is -2.19. The van der Waals surface area contributed by atoms with Crippen molar-refractivity contribution in [3.8, 4) is 0 Å². The third kappa shape index (κ3) is 9.62. The minimum atomic E-state index is -0.644. The van der Waals surface area contributed by atoms with Gasteiger partial charge in [0.2, 0.25) is 0 Å². The molecule has 0 radical (unpaired) electrons. The molecule has 0 aromatic rings. The highest BCUT2D eigenvalue weighted by atomic mass is 16.3. The zero-order valence-corrected chi connectivity index (χ0v) is 6.92. The number of hydrogen-bond donors (Lipinski definition) is 3. The first kappa shape index (κ1) is 10.6. The van der Waals surface area contributed by atoms with Crippen molar-refractivity contribution in [3.63, 3.8) is 0 Å². The van der Waals surface area contributed by atoms with Gasteiger partial charge < -0.3 is 16.2 Å². The molecule has 0 spiro atoms. The molecule has 0 rings (SSSR count). The third-order valence-electron chi connectivity index (χ3n) is 1.39. The minimum absolute atomic E-state index is 0.644. The van der Waals surface area contributed by atoms with Crippen LogP contribution >= 0.6 is 0 Å². The smallest absolute Gasteiger partial charge is 0.102 e. The van der Waals surface area contributed by atoms with Crippen molar-refractivity contribution in [2.75, 3.05) is 13.1 Å². The van der Waals surface area contributed by atoms with Gasteiger partial charge in [-0.2, -0.15) is 0 Å². The summed E-state index contributed by atoms with van der Waals surface area (Å²) in [4.78, 5) is 0. The first-order valence-corrected chi connectivity index (χ1v) is 4.02. The molecule has 0 aliphatic rings. The summed E-state index contributed by atoms with van der Waals surface area (Å²) in [6.45, 7) is 5.41. The van der Waals surface area contributed by atoms with Crippen molar-refractivity contribution in [3.05, 3.63) is 12.7 Å². The summed E-state index contributed by atoms with van der Waals surface area (Å²) in [5.41, 5.74) is 5.15. The molecule has 0 saturated heterocycles. The Labute approximate surface area is 68.3 Å². The van der Waals surface area contributed by atoms with Crippen LogP contribution in [0.5, 0.6) is 0 Å². The van der Waals surface area contributed by atoms with Crippen LogP contribution in [-0.2, 0) is 0 Å². The predicted octanol–water partition coefficient (Wildman–Crippen LogP) is 0.209. The average molecular weight is 158 g/mol. The zero-order chi connectivity index (χ0) is 8.53. The van der Waals surface area contributed by atoms with Crippen LogP contribution in [0.1, 0.15) is 19.3 Å². The van der Waals surface area contributed by atoms with Crippen LogP contribution in [0.2, 0.25) is 0 Å². The van der Waals surface area contributed by atoms with E-state index in [1.165, 1.54) is 0 Å². The van der Waals surface area contributed by atoms with Crippen LogP contribution in [-0.4, -0.2) is 24.4 Å². The lowest BCUT2D eigenvalue weighted by atomic mass is 10.2. The van der Waals surface area contributed by atoms with Crippen LogP contribution in [0.4, 0.5) is 0 Å². The third-order valence-corrected chi connectivity index (χ3v) is 1.39. The van der Waals surface area contributed by atoms with Crippen molar-refractivity contribution in [1.29, 1.82) is 0 Å². The second-order valence-corrected chi connectivity index (χ2v) is 2.56. The fourth-order valence-electron chi connectivity index (χ4n) is 0.808. The van der Waals surface area contributed by atoms with E-state index in [4.69, 9.17) is 10.8 Å². The first-order valence-electron chi connectivity index (χ1n) is 4.02. The molecule has 0 amide bonds. The minimum Gasteiger partial charge on any atom is -0.379 e.